The molecule has 5 nitrogen and oxygen atoms in total. The Kier molecular flexibility index (Phi) is 4.68. The average molecular weight is 317 g/mol. The van der Waals surface area contributed by atoms with E-state index in [4.69, 9.17) is 4.74 Å². The van der Waals surface area contributed by atoms with Crippen LogP contribution in [0.2, 0.25) is 0 Å². The summed E-state index contributed by atoms with van der Waals surface area (Å²) in [5.74, 6) is 0.612. The van der Waals surface area contributed by atoms with Gasteiger partial charge in [-0.1, -0.05) is 0 Å². The lowest BCUT2D eigenvalue weighted by Crippen LogP contribution is -2.39. The number of hydrogen-bond donors (Lipinski definition) is 1. The number of nitrogens with zero attached hydrogens (tertiary/aromatic N) is 2. The van der Waals surface area contributed by atoms with E-state index >= 15 is 0 Å². The maximum Gasteiger partial charge on any atom is 0.261 e. The van der Waals surface area contributed by atoms with Crippen molar-refractivity contribution in [3.63, 3.8) is 0 Å². The zero-order valence-corrected chi connectivity index (χ0v) is 13.3. The third-order valence-electron chi connectivity index (χ3n) is 3.79. The van der Waals surface area contributed by atoms with Crippen LogP contribution in [0.15, 0.2) is 30.0 Å². The zero-order valence-electron chi connectivity index (χ0n) is 12.5. The molecule has 1 saturated carbocycles. The van der Waals surface area contributed by atoms with Crippen molar-refractivity contribution in [2.24, 2.45) is 0 Å². The molecular formula is C16H19N3O2S. The Morgan fingerprint density at radius 3 is 2.77 bits per heavy atom. The number of aryl methyl sites for hydroxylation is 1. The van der Waals surface area contributed by atoms with Crippen molar-refractivity contribution in [2.75, 3.05) is 0 Å². The van der Waals surface area contributed by atoms with Crippen LogP contribution in [-0.4, -0.2) is 28.0 Å². The minimum absolute atomic E-state index is 0.0383. The Hall–Kier alpha value is -1.95. The summed E-state index contributed by atoms with van der Waals surface area (Å²) >= 11 is 1.50. The molecule has 0 radical (unpaired) electrons. The number of thiophene rings is 1. The highest BCUT2D eigenvalue weighted by molar-refractivity contribution is 7.12. The maximum absolute atomic E-state index is 12.1. The second-order valence-electron chi connectivity index (χ2n) is 5.60. The number of rotatable bonds is 4. The van der Waals surface area contributed by atoms with Gasteiger partial charge in [0.2, 0.25) is 5.88 Å². The van der Waals surface area contributed by atoms with Gasteiger partial charge in [0, 0.05) is 18.4 Å². The lowest BCUT2D eigenvalue weighted by Gasteiger charge is -2.28. The van der Waals surface area contributed by atoms with Crippen molar-refractivity contribution in [1.82, 2.24) is 15.3 Å². The van der Waals surface area contributed by atoms with Gasteiger partial charge in [-0.2, -0.15) is 0 Å². The van der Waals surface area contributed by atoms with Crippen molar-refractivity contribution in [2.45, 2.75) is 44.8 Å². The van der Waals surface area contributed by atoms with Crippen LogP contribution in [0.3, 0.4) is 0 Å². The van der Waals surface area contributed by atoms with Gasteiger partial charge in [0.25, 0.3) is 5.91 Å². The minimum Gasteiger partial charge on any atom is -0.473 e. The van der Waals surface area contributed by atoms with Gasteiger partial charge in [0.1, 0.15) is 6.10 Å². The number of aromatic nitrogens is 2. The number of amides is 1. The Morgan fingerprint density at radius 2 is 2.14 bits per heavy atom. The lowest BCUT2D eigenvalue weighted by molar-refractivity contribution is 0.0893. The molecule has 0 spiro atoms. The minimum atomic E-state index is 0.0383. The van der Waals surface area contributed by atoms with E-state index in [-0.39, 0.29) is 18.1 Å². The molecular weight excluding hydrogens is 298 g/mol. The van der Waals surface area contributed by atoms with Gasteiger partial charge in [-0.25, -0.2) is 4.98 Å². The summed E-state index contributed by atoms with van der Waals surface area (Å²) in [6.07, 6.45) is 8.76. The third kappa shape index (κ3) is 3.82. The number of hydrogen-bond acceptors (Lipinski definition) is 5. The largest absolute Gasteiger partial charge is 0.473 e. The molecule has 0 atom stereocenters. The molecule has 1 amide bonds. The summed E-state index contributed by atoms with van der Waals surface area (Å²) in [6, 6.07) is 2.17. The smallest absolute Gasteiger partial charge is 0.261 e. The van der Waals surface area contributed by atoms with Gasteiger partial charge in [-0.15, -0.1) is 11.3 Å². The Morgan fingerprint density at radius 1 is 1.32 bits per heavy atom. The molecule has 1 N–H and O–H groups in total. The highest BCUT2D eigenvalue weighted by Crippen LogP contribution is 2.23. The Bertz CT molecular complexity index is 621. The molecule has 2 aromatic rings. The van der Waals surface area contributed by atoms with Crippen LogP contribution in [0.25, 0.3) is 0 Å². The van der Waals surface area contributed by atoms with E-state index in [0.717, 1.165) is 36.1 Å². The first-order valence-corrected chi connectivity index (χ1v) is 8.37. The summed E-state index contributed by atoms with van der Waals surface area (Å²) in [6.45, 7) is 2.00. The predicted octanol–water partition coefficient (Wildman–Crippen LogP) is 2.97. The van der Waals surface area contributed by atoms with E-state index in [0.29, 0.717) is 5.88 Å². The van der Waals surface area contributed by atoms with Crippen LogP contribution < -0.4 is 10.1 Å². The van der Waals surface area contributed by atoms with E-state index in [1.165, 1.54) is 11.3 Å². The third-order valence-corrected chi connectivity index (χ3v) is 4.84. The van der Waals surface area contributed by atoms with Gasteiger partial charge in [-0.05, 0) is 49.6 Å². The molecule has 116 valence electrons. The van der Waals surface area contributed by atoms with Crippen LogP contribution in [-0.2, 0) is 0 Å². The zero-order chi connectivity index (χ0) is 15.4. The van der Waals surface area contributed by atoms with E-state index in [2.05, 4.69) is 15.3 Å². The number of nitrogens with one attached hydrogen (secondary N) is 1. The SMILES string of the molecule is Cc1csc(C(=O)NC2CCC(Oc3cnccn3)CC2)c1. The molecule has 2 heterocycles. The topological polar surface area (TPSA) is 64.1 Å². The Balaban J connectivity index is 1.46. The highest BCUT2D eigenvalue weighted by Gasteiger charge is 2.24. The second-order valence-corrected chi connectivity index (χ2v) is 6.51. The summed E-state index contributed by atoms with van der Waals surface area (Å²) in [5.41, 5.74) is 1.14. The summed E-state index contributed by atoms with van der Waals surface area (Å²) in [4.78, 5) is 21.1. The van der Waals surface area contributed by atoms with Gasteiger partial charge in [0.15, 0.2) is 0 Å². The molecule has 0 bridgehead atoms. The average Bonchev–Trinajstić information content (AvgIpc) is 2.97. The fourth-order valence-electron chi connectivity index (χ4n) is 2.65. The molecule has 6 heteroatoms. The van der Waals surface area contributed by atoms with E-state index in [1.54, 1.807) is 18.6 Å². The van der Waals surface area contributed by atoms with E-state index in [1.807, 2.05) is 18.4 Å². The fraction of sp³-hybridized carbons (Fsp3) is 0.438. The van der Waals surface area contributed by atoms with Gasteiger partial charge < -0.3 is 10.1 Å². The van der Waals surface area contributed by atoms with Crippen molar-refractivity contribution in [3.8, 4) is 5.88 Å². The van der Waals surface area contributed by atoms with Crippen molar-refractivity contribution in [3.05, 3.63) is 40.5 Å². The van der Waals surface area contributed by atoms with Crippen molar-refractivity contribution < 1.29 is 9.53 Å². The molecule has 0 saturated heterocycles. The first-order valence-electron chi connectivity index (χ1n) is 7.49. The van der Waals surface area contributed by atoms with Crippen molar-refractivity contribution >= 4 is 17.2 Å². The molecule has 1 fully saturated rings. The summed E-state index contributed by atoms with van der Waals surface area (Å²) in [5, 5.41) is 5.12. The first-order chi connectivity index (χ1) is 10.7. The molecule has 0 unspecified atom stereocenters. The van der Waals surface area contributed by atoms with Gasteiger partial charge >= 0.3 is 0 Å². The fourth-order valence-corrected chi connectivity index (χ4v) is 3.45. The summed E-state index contributed by atoms with van der Waals surface area (Å²) in [7, 11) is 0. The first kappa shape index (κ1) is 15.0. The number of carbonyl (C=O) groups is 1. The molecule has 1 aliphatic rings. The molecule has 0 aromatic carbocycles. The van der Waals surface area contributed by atoms with Crippen LogP contribution in [0.4, 0.5) is 0 Å². The highest BCUT2D eigenvalue weighted by atomic mass is 32.1. The van der Waals surface area contributed by atoms with Crippen LogP contribution in [0.5, 0.6) is 5.88 Å². The monoisotopic (exact) mass is 317 g/mol. The molecule has 1 aliphatic carbocycles. The molecule has 2 aromatic heterocycles. The van der Waals surface area contributed by atoms with Crippen LogP contribution >= 0.6 is 11.3 Å². The summed E-state index contributed by atoms with van der Waals surface area (Å²) < 4.78 is 5.81. The lowest BCUT2D eigenvalue weighted by atomic mass is 9.93. The number of ether oxygens (including phenoxy) is 1. The van der Waals surface area contributed by atoms with Gasteiger partial charge in [0.05, 0.1) is 11.1 Å². The van der Waals surface area contributed by atoms with E-state index < -0.39 is 0 Å². The normalized spacial score (nSPS) is 21.3. The van der Waals surface area contributed by atoms with E-state index in [9.17, 15) is 4.79 Å². The van der Waals surface area contributed by atoms with Crippen LogP contribution in [0.1, 0.15) is 40.9 Å². The molecule has 0 aliphatic heterocycles. The standard InChI is InChI=1S/C16H19N3O2S/c1-11-8-14(22-10-11)16(20)19-12-2-4-13(5-3-12)21-15-9-17-6-7-18-15/h6-10,12-13H,2-5H2,1H3,(H,19,20). The van der Waals surface area contributed by atoms with Gasteiger partial charge in [-0.3, -0.25) is 9.78 Å². The Labute approximate surface area is 133 Å². The molecule has 22 heavy (non-hydrogen) atoms. The second kappa shape index (κ2) is 6.87. The number of carbonyl (C=O) groups excluding carboxylic acids is 1. The molecule has 3 rings (SSSR count). The van der Waals surface area contributed by atoms with Crippen LogP contribution in [0, 0.1) is 6.92 Å². The van der Waals surface area contributed by atoms with Crippen molar-refractivity contribution in [1.29, 1.82) is 0 Å². The quantitative estimate of drug-likeness (QED) is 0.941. The predicted molar refractivity (Wildman–Crippen MR) is 85.2 cm³/mol. The maximum atomic E-state index is 12.1.